The van der Waals surface area contributed by atoms with E-state index in [0.29, 0.717) is 11.6 Å². The maximum Gasteiger partial charge on any atom is 0.295 e. The third-order valence-corrected chi connectivity index (χ3v) is 2.36. The van der Waals surface area contributed by atoms with Gasteiger partial charge in [-0.05, 0) is 12.8 Å². The average molecular weight is 222 g/mol. The molecule has 0 saturated carbocycles. The van der Waals surface area contributed by atoms with Gasteiger partial charge in [-0.15, -0.1) is 5.10 Å². The number of nitrogens with two attached hydrogens (primary N) is 1. The van der Waals surface area contributed by atoms with Crippen LogP contribution in [0.25, 0.3) is 11.7 Å². The van der Waals surface area contributed by atoms with Crippen LogP contribution in [0.3, 0.4) is 0 Å². The smallest absolute Gasteiger partial charge is 0.295 e. The lowest BCUT2D eigenvalue weighted by atomic mass is 10.2. The van der Waals surface area contributed by atoms with Crippen LogP contribution in [-0.2, 0) is 4.74 Å². The molecule has 1 atom stereocenters. The van der Waals surface area contributed by atoms with Gasteiger partial charge < -0.3 is 15.0 Å². The van der Waals surface area contributed by atoms with Gasteiger partial charge in [-0.3, -0.25) is 5.10 Å². The second-order valence-corrected chi connectivity index (χ2v) is 3.50. The summed E-state index contributed by atoms with van der Waals surface area (Å²) in [6.07, 6.45) is 1.86. The lowest BCUT2D eigenvalue weighted by Gasteiger charge is -2.00. The number of H-pyrrole nitrogens is 1. The maximum absolute atomic E-state index is 5.44. The van der Waals surface area contributed by atoms with Crippen molar-refractivity contribution in [1.29, 1.82) is 0 Å². The van der Waals surface area contributed by atoms with Crippen LogP contribution in [0.15, 0.2) is 4.52 Å². The Morgan fingerprint density at radius 3 is 3.00 bits per heavy atom. The van der Waals surface area contributed by atoms with Crippen molar-refractivity contribution < 1.29 is 9.26 Å². The summed E-state index contributed by atoms with van der Waals surface area (Å²) in [7, 11) is 0. The molecule has 0 aromatic carbocycles. The monoisotopic (exact) mass is 222 g/mol. The standard InChI is InChI=1S/C8H10N6O2/c9-8-11-6(12-13-8)7-10-5(14-16-7)4-2-1-3-15-4/h4H,1-3H2,(H3,9,11,12,13). The van der Waals surface area contributed by atoms with Crippen LogP contribution in [-0.4, -0.2) is 31.9 Å². The summed E-state index contributed by atoms with van der Waals surface area (Å²) in [6.45, 7) is 0.740. The first-order chi connectivity index (χ1) is 7.83. The highest BCUT2D eigenvalue weighted by Crippen LogP contribution is 2.27. The van der Waals surface area contributed by atoms with E-state index in [1.54, 1.807) is 0 Å². The molecule has 3 heterocycles. The molecule has 3 N–H and O–H groups in total. The van der Waals surface area contributed by atoms with Crippen LogP contribution in [0.2, 0.25) is 0 Å². The highest BCUT2D eigenvalue weighted by atomic mass is 16.5. The molecule has 16 heavy (non-hydrogen) atoms. The molecule has 2 aromatic heterocycles. The molecule has 1 saturated heterocycles. The van der Waals surface area contributed by atoms with Gasteiger partial charge in [-0.25, -0.2) is 0 Å². The Labute approximate surface area is 90.2 Å². The normalized spacial score (nSPS) is 20.4. The summed E-state index contributed by atoms with van der Waals surface area (Å²) < 4.78 is 10.5. The number of nitrogen functional groups attached to an aromatic ring is 1. The second kappa shape index (κ2) is 3.56. The van der Waals surface area contributed by atoms with Crippen molar-refractivity contribution in [2.75, 3.05) is 12.3 Å². The van der Waals surface area contributed by atoms with E-state index in [4.69, 9.17) is 15.0 Å². The molecule has 1 fully saturated rings. The van der Waals surface area contributed by atoms with Gasteiger partial charge in [-0.1, -0.05) is 5.16 Å². The van der Waals surface area contributed by atoms with Crippen LogP contribution in [0.5, 0.6) is 0 Å². The molecule has 1 aliphatic heterocycles. The van der Waals surface area contributed by atoms with E-state index in [-0.39, 0.29) is 17.9 Å². The molecule has 3 rings (SSSR count). The zero-order valence-electron chi connectivity index (χ0n) is 8.38. The van der Waals surface area contributed by atoms with Gasteiger partial charge in [0.25, 0.3) is 5.89 Å². The van der Waals surface area contributed by atoms with Crippen LogP contribution in [0.4, 0.5) is 5.95 Å². The largest absolute Gasteiger partial charge is 0.370 e. The first-order valence-electron chi connectivity index (χ1n) is 4.96. The molecular formula is C8H10N6O2. The minimum absolute atomic E-state index is 0.0715. The predicted octanol–water partition coefficient (Wildman–Crippen LogP) is 0.288. The van der Waals surface area contributed by atoms with Crippen molar-refractivity contribution in [2.45, 2.75) is 18.9 Å². The lowest BCUT2D eigenvalue weighted by Crippen LogP contribution is -1.97. The summed E-state index contributed by atoms with van der Waals surface area (Å²) in [4.78, 5) is 8.08. The van der Waals surface area contributed by atoms with Crippen LogP contribution >= 0.6 is 0 Å². The van der Waals surface area contributed by atoms with Gasteiger partial charge in [0.2, 0.25) is 17.6 Å². The summed E-state index contributed by atoms with van der Waals surface area (Å²) in [5, 5.41) is 10.1. The number of ether oxygens (including phenoxy) is 1. The van der Waals surface area contributed by atoms with Crippen molar-refractivity contribution in [1.82, 2.24) is 25.3 Å². The molecule has 0 aliphatic carbocycles. The van der Waals surface area contributed by atoms with Gasteiger partial charge >= 0.3 is 0 Å². The Bertz CT molecular complexity index is 486. The van der Waals surface area contributed by atoms with Crippen molar-refractivity contribution >= 4 is 5.95 Å². The summed E-state index contributed by atoms with van der Waals surface area (Å²) in [5.41, 5.74) is 5.38. The molecule has 84 valence electrons. The number of nitrogens with one attached hydrogen (secondary N) is 1. The number of aromatic amines is 1. The molecule has 8 heteroatoms. The molecule has 1 aliphatic rings. The van der Waals surface area contributed by atoms with Crippen molar-refractivity contribution in [3.8, 4) is 11.7 Å². The van der Waals surface area contributed by atoms with E-state index < -0.39 is 0 Å². The Balaban J connectivity index is 1.87. The Morgan fingerprint density at radius 1 is 1.38 bits per heavy atom. The van der Waals surface area contributed by atoms with E-state index >= 15 is 0 Å². The quantitative estimate of drug-likeness (QED) is 0.749. The van der Waals surface area contributed by atoms with Gasteiger partial charge in [0.1, 0.15) is 6.10 Å². The third kappa shape index (κ3) is 1.52. The number of hydrogen-bond donors (Lipinski definition) is 2. The number of rotatable bonds is 2. The number of anilines is 1. The highest BCUT2D eigenvalue weighted by Gasteiger charge is 2.24. The van der Waals surface area contributed by atoms with Crippen molar-refractivity contribution in [3.05, 3.63) is 5.82 Å². The van der Waals surface area contributed by atoms with Crippen LogP contribution < -0.4 is 5.73 Å². The third-order valence-electron chi connectivity index (χ3n) is 2.36. The molecular weight excluding hydrogens is 212 g/mol. The van der Waals surface area contributed by atoms with Crippen molar-refractivity contribution in [3.63, 3.8) is 0 Å². The van der Waals surface area contributed by atoms with Gasteiger partial charge in [0.15, 0.2) is 0 Å². The topological polar surface area (TPSA) is 116 Å². The predicted molar refractivity (Wildman–Crippen MR) is 52.0 cm³/mol. The van der Waals surface area contributed by atoms with E-state index in [9.17, 15) is 0 Å². The fourth-order valence-electron chi connectivity index (χ4n) is 1.61. The first kappa shape index (κ1) is 9.28. The zero-order chi connectivity index (χ0) is 11.0. The van der Waals surface area contributed by atoms with Crippen LogP contribution in [0.1, 0.15) is 24.8 Å². The zero-order valence-corrected chi connectivity index (χ0v) is 8.38. The Hall–Kier alpha value is -1.96. The van der Waals surface area contributed by atoms with E-state index in [0.717, 1.165) is 19.4 Å². The SMILES string of the molecule is Nc1n[nH]c(-c2nc(C3CCCO3)no2)n1. The number of nitrogens with zero attached hydrogens (tertiary/aromatic N) is 4. The molecule has 1 unspecified atom stereocenters. The molecule has 0 bridgehead atoms. The number of aromatic nitrogens is 5. The fraction of sp³-hybridized carbons (Fsp3) is 0.500. The maximum atomic E-state index is 5.44. The molecule has 2 aromatic rings. The van der Waals surface area contributed by atoms with Gasteiger partial charge in [0.05, 0.1) is 0 Å². The molecule has 0 radical (unpaired) electrons. The summed E-state index contributed by atoms with van der Waals surface area (Å²) in [6, 6.07) is 0. The average Bonchev–Trinajstić information content (AvgIpc) is 2.97. The minimum Gasteiger partial charge on any atom is -0.370 e. The molecule has 0 amide bonds. The Kier molecular flexibility index (Phi) is 2.07. The van der Waals surface area contributed by atoms with E-state index in [1.807, 2.05) is 0 Å². The van der Waals surface area contributed by atoms with E-state index in [2.05, 4.69) is 25.3 Å². The highest BCUT2D eigenvalue weighted by molar-refractivity contribution is 5.41. The van der Waals surface area contributed by atoms with Crippen LogP contribution in [0, 0.1) is 0 Å². The van der Waals surface area contributed by atoms with Gasteiger partial charge in [-0.2, -0.15) is 9.97 Å². The second-order valence-electron chi connectivity index (χ2n) is 3.50. The fourth-order valence-corrected chi connectivity index (χ4v) is 1.61. The summed E-state index contributed by atoms with van der Waals surface area (Å²) in [5.74, 6) is 1.33. The Morgan fingerprint density at radius 2 is 2.31 bits per heavy atom. The lowest BCUT2D eigenvalue weighted by molar-refractivity contribution is 0.103. The molecule has 8 nitrogen and oxygen atoms in total. The van der Waals surface area contributed by atoms with Gasteiger partial charge in [0, 0.05) is 6.61 Å². The van der Waals surface area contributed by atoms with Crippen molar-refractivity contribution in [2.24, 2.45) is 0 Å². The minimum atomic E-state index is -0.0715. The molecule has 0 spiro atoms. The van der Waals surface area contributed by atoms with E-state index in [1.165, 1.54) is 0 Å². The number of hydrogen-bond acceptors (Lipinski definition) is 7. The first-order valence-corrected chi connectivity index (χ1v) is 4.96. The summed E-state index contributed by atoms with van der Waals surface area (Å²) >= 11 is 0.